The molecule has 1 saturated heterocycles. The molecule has 0 unspecified atom stereocenters. The van der Waals surface area contributed by atoms with Crippen molar-refractivity contribution in [1.82, 2.24) is 10.2 Å². The number of nitrogens with zero attached hydrogens (tertiary/aromatic N) is 1. The number of carbonyl (C=O) groups is 2. The topological polar surface area (TPSA) is 58.6 Å². The maximum absolute atomic E-state index is 12.0. The van der Waals surface area contributed by atoms with Gasteiger partial charge in [0.1, 0.15) is 5.60 Å². The molecule has 162 valence electrons. The minimum absolute atomic E-state index is 0.121. The molecule has 2 fully saturated rings. The summed E-state index contributed by atoms with van der Waals surface area (Å²) >= 11 is 11.9. The van der Waals surface area contributed by atoms with E-state index < -0.39 is 0 Å². The monoisotopic (exact) mass is 442 g/mol. The largest absolute Gasteiger partial charge is 0.444 e. The van der Waals surface area contributed by atoms with Crippen LogP contribution < -0.4 is 5.32 Å². The minimum Gasteiger partial charge on any atom is -0.444 e. The van der Waals surface area contributed by atoms with Gasteiger partial charge in [-0.25, -0.2) is 4.79 Å². The summed E-state index contributed by atoms with van der Waals surface area (Å²) in [4.78, 5) is 25.2. The van der Waals surface area contributed by atoms with Gasteiger partial charge < -0.3 is 15.0 Å². The number of hydrogen-bond donors (Lipinski definition) is 1. The molecule has 0 radical (unpaired) electrons. The molecule has 2 aliphatic rings. The molecule has 1 heterocycles. The van der Waals surface area contributed by atoms with E-state index in [1.54, 1.807) is 23.1 Å². The maximum atomic E-state index is 12.0. The van der Waals surface area contributed by atoms with Crippen molar-refractivity contribution < 1.29 is 14.3 Å². The molecule has 1 aliphatic heterocycles. The van der Waals surface area contributed by atoms with Crippen molar-refractivity contribution in [2.45, 2.75) is 77.4 Å². The van der Waals surface area contributed by atoms with Crippen molar-refractivity contribution in [3.8, 4) is 0 Å². The second-order valence-electron chi connectivity index (χ2n) is 8.58. The molecule has 0 aromatic heterocycles. The molecule has 0 atom stereocenters. The van der Waals surface area contributed by atoms with E-state index in [2.05, 4.69) is 5.32 Å². The number of halogens is 2. The maximum Gasteiger partial charge on any atom is 0.410 e. The Bertz CT molecular complexity index is 692. The summed E-state index contributed by atoms with van der Waals surface area (Å²) in [6.45, 7) is 7.38. The fourth-order valence-electron chi connectivity index (χ4n) is 3.42. The third-order valence-corrected chi connectivity index (χ3v) is 5.71. The average Bonchev–Trinajstić information content (AvgIpc) is 3.19. The Balaban J connectivity index is 0.000000221. The first-order valence-corrected chi connectivity index (χ1v) is 11.2. The molecule has 1 aliphatic carbocycles. The van der Waals surface area contributed by atoms with Crippen LogP contribution in [0.2, 0.25) is 10.0 Å². The molecular weight excluding hydrogens is 411 g/mol. The van der Waals surface area contributed by atoms with Gasteiger partial charge in [-0.05, 0) is 58.6 Å². The predicted octanol–water partition coefficient (Wildman–Crippen LogP) is 6.07. The van der Waals surface area contributed by atoms with Gasteiger partial charge in [0.15, 0.2) is 0 Å². The van der Waals surface area contributed by atoms with Crippen LogP contribution in [0.1, 0.15) is 76.1 Å². The highest BCUT2D eigenvalue weighted by Crippen LogP contribution is 2.26. The molecule has 1 N–H and O–H groups in total. The van der Waals surface area contributed by atoms with Crippen LogP contribution in [0.4, 0.5) is 4.79 Å². The number of ether oxygens (including phenoxy) is 1. The van der Waals surface area contributed by atoms with Crippen LogP contribution >= 0.6 is 23.2 Å². The molecular formula is C22H32Cl2N2O3. The SMILES string of the molecule is CC(C)(C)OC(=O)N1CCCC1.O=C(NC1CCCCC1)c1cccc(Cl)c1Cl. The normalized spacial score (nSPS) is 17.3. The second-order valence-corrected chi connectivity index (χ2v) is 9.37. The summed E-state index contributed by atoms with van der Waals surface area (Å²) in [5.74, 6) is -0.121. The quantitative estimate of drug-likeness (QED) is 0.603. The van der Waals surface area contributed by atoms with Crippen molar-refractivity contribution in [3.63, 3.8) is 0 Å². The van der Waals surface area contributed by atoms with Gasteiger partial charge in [0.25, 0.3) is 5.91 Å². The van der Waals surface area contributed by atoms with Crippen molar-refractivity contribution in [2.75, 3.05) is 13.1 Å². The Kier molecular flexibility index (Phi) is 9.09. The molecule has 0 spiro atoms. The minimum atomic E-state index is -0.361. The van der Waals surface area contributed by atoms with Crippen LogP contribution in [-0.4, -0.2) is 41.6 Å². The van der Waals surface area contributed by atoms with Crippen LogP contribution in [0.5, 0.6) is 0 Å². The number of likely N-dealkylation sites (tertiary alicyclic amines) is 1. The van der Waals surface area contributed by atoms with Crippen molar-refractivity contribution in [1.29, 1.82) is 0 Å². The number of amides is 2. The fraction of sp³-hybridized carbons (Fsp3) is 0.636. The highest BCUT2D eigenvalue weighted by atomic mass is 35.5. The zero-order valence-electron chi connectivity index (χ0n) is 17.6. The van der Waals surface area contributed by atoms with Gasteiger partial charge in [0.05, 0.1) is 15.6 Å². The standard InChI is InChI=1S/C13H15Cl2NO.C9H17NO2/c14-11-8-4-7-10(12(11)15)13(17)16-9-5-2-1-3-6-9;1-9(2,3)12-8(11)10-6-4-5-7-10/h4,7-9H,1-3,5-6H2,(H,16,17);4-7H2,1-3H3. The zero-order chi connectivity index (χ0) is 21.4. The number of benzene rings is 1. The summed E-state index contributed by atoms with van der Waals surface area (Å²) in [5.41, 5.74) is 0.101. The van der Waals surface area contributed by atoms with E-state index in [9.17, 15) is 9.59 Å². The van der Waals surface area contributed by atoms with E-state index >= 15 is 0 Å². The Morgan fingerprint density at radius 2 is 1.66 bits per heavy atom. The summed E-state index contributed by atoms with van der Waals surface area (Å²) in [6.07, 6.45) is 7.82. The Labute approximate surface area is 184 Å². The van der Waals surface area contributed by atoms with Gasteiger partial charge in [0, 0.05) is 19.1 Å². The molecule has 1 saturated carbocycles. The molecule has 5 nitrogen and oxygen atoms in total. The molecule has 1 aromatic carbocycles. The Morgan fingerprint density at radius 1 is 1.03 bits per heavy atom. The summed E-state index contributed by atoms with van der Waals surface area (Å²) in [5, 5.41) is 3.78. The van der Waals surface area contributed by atoms with E-state index in [0.717, 1.165) is 38.8 Å². The summed E-state index contributed by atoms with van der Waals surface area (Å²) in [7, 11) is 0. The molecule has 3 rings (SSSR count). The average molecular weight is 443 g/mol. The lowest BCUT2D eigenvalue weighted by Crippen LogP contribution is -2.36. The summed E-state index contributed by atoms with van der Waals surface area (Å²) < 4.78 is 5.21. The smallest absolute Gasteiger partial charge is 0.410 e. The highest BCUT2D eigenvalue weighted by Gasteiger charge is 2.24. The van der Waals surface area contributed by atoms with Crippen LogP contribution in [0, 0.1) is 0 Å². The van der Waals surface area contributed by atoms with Crippen molar-refractivity contribution >= 4 is 35.2 Å². The van der Waals surface area contributed by atoms with Crippen molar-refractivity contribution in [2.24, 2.45) is 0 Å². The van der Waals surface area contributed by atoms with E-state index in [4.69, 9.17) is 27.9 Å². The lowest BCUT2D eigenvalue weighted by Gasteiger charge is -2.23. The van der Waals surface area contributed by atoms with E-state index in [0.29, 0.717) is 15.6 Å². The first-order valence-electron chi connectivity index (χ1n) is 10.4. The van der Waals surface area contributed by atoms with Gasteiger partial charge in [-0.15, -0.1) is 0 Å². The molecule has 2 amide bonds. The van der Waals surface area contributed by atoms with Gasteiger partial charge >= 0.3 is 6.09 Å². The highest BCUT2D eigenvalue weighted by molar-refractivity contribution is 6.43. The third kappa shape index (κ3) is 8.06. The summed E-state index contributed by atoms with van der Waals surface area (Å²) in [6, 6.07) is 5.41. The zero-order valence-corrected chi connectivity index (χ0v) is 19.1. The molecule has 0 bridgehead atoms. The first-order chi connectivity index (χ1) is 13.7. The first kappa shape index (κ1) is 23.8. The van der Waals surface area contributed by atoms with Crippen LogP contribution in [-0.2, 0) is 4.74 Å². The van der Waals surface area contributed by atoms with Crippen LogP contribution in [0.15, 0.2) is 18.2 Å². The molecule has 7 heteroatoms. The number of carbonyl (C=O) groups excluding carboxylic acids is 2. The van der Waals surface area contributed by atoms with Gasteiger partial charge in [-0.2, -0.15) is 0 Å². The van der Waals surface area contributed by atoms with Crippen molar-refractivity contribution in [3.05, 3.63) is 33.8 Å². The predicted molar refractivity (Wildman–Crippen MR) is 118 cm³/mol. The van der Waals surface area contributed by atoms with Gasteiger partial charge in [-0.3, -0.25) is 4.79 Å². The number of nitrogens with one attached hydrogen (secondary N) is 1. The Morgan fingerprint density at radius 3 is 2.24 bits per heavy atom. The van der Waals surface area contributed by atoms with E-state index in [1.807, 2.05) is 20.8 Å². The fourth-order valence-corrected chi connectivity index (χ4v) is 3.80. The third-order valence-electron chi connectivity index (χ3n) is 4.89. The van der Waals surface area contributed by atoms with E-state index in [1.165, 1.54) is 19.3 Å². The Hall–Kier alpha value is -1.46. The van der Waals surface area contributed by atoms with Gasteiger partial charge in [0.2, 0.25) is 0 Å². The van der Waals surface area contributed by atoms with Crippen LogP contribution in [0.3, 0.4) is 0 Å². The van der Waals surface area contributed by atoms with E-state index in [-0.39, 0.29) is 23.6 Å². The van der Waals surface area contributed by atoms with Gasteiger partial charge in [-0.1, -0.05) is 48.5 Å². The molecule has 1 aromatic rings. The number of rotatable bonds is 2. The van der Waals surface area contributed by atoms with Crippen LogP contribution in [0.25, 0.3) is 0 Å². The second kappa shape index (κ2) is 11.1. The molecule has 29 heavy (non-hydrogen) atoms. The number of hydrogen-bond acceptors (Lipinski definition) is 3. The lowest BCUT2D eigenvalue weighted by molar-refractivity contribution is 0.0295. The lowest BCUT2D eigenvalue weighted by atomic mass is 9.95.